The molecule has 0 aliphatic carbocycles. The van der Waals surface area contributed by atoms with Gasteiger partial charge in [-0.2, -0.15) is 0 Å². The van der Waals surface area contributed by atoms with Gasteiger partial charge in [-0.05, 0) is 30.3 Å². The third-order valence-electron chi connectivity index (χ3n) is 3.03. The number of nitrogens with one attached hydrogen (secondary N) is 1. The van der Waals surface area contributed by atoms with E-state index >= 15 is 0 Å². The molecule has 2 aromatic rings. The number of ether oxygens (including phenoxy) is 3. The van der Waals surface area contributed by atoms with Gasteiger partial charge in [-0.1, -0.05) is 22.0 Å². The molecule has 126 valence electrons. The first-order valence-electron chi connectivity index (χ1n) is 6.97. The van der Waals surface area contributed by atoms with Crippen LogP contribution in [0, 0.1) is 0 Å². The Bertz CT molecular complexity index is 725. The van der Waals surface area contributed by atoms with Gasteiger partial charge in [0, 0.05) is 16.2 Å². The molecule has 0 radical (unpaired) electrons. The van der Waals surface area contributed by atoms with Crippen molar-refractivity contribution >= 4 is 33.5 Å². The van der Waals surface area contributed by atoms with E-state index in [1.165, 1.54) is 26.4 Å². The number of anilines is 1. The van der Waals surface area contributed by atoms with Gasteiger partial charge in [-0.15, -0.1) is 0 Å². The molecule has 0 bridgehead atoms. The summed E-state index contributed by atoms with van der Waals surface area (Å²) in [5, 5.41) is 2.64. The Labute approximate surface area is 147 Å². The predicted molar refractivity (Wildman–Crippen MR) is 92.6 cm³/mol. The molecule has 0 aromatic heterocycles. The van der Waals surface area contributed by atoms with E-state index in [0.29, 0.717) is 17.2 Å². The number of hydrogen-bond donors (Lipinski definition) is 1. The van der Waals surface area contributed by atoms with Crippen LogP contribution in [-0.2, 0) is 9.53 Å². The van der Waals surface area contributed by atoms with Crippen molar-refractivity contribution in [2.24, 2.45) is 0 Å². The molecule has 24 heavy (non-hydrogen) atoms. The summed E-state index contributed by atoms with van der Waals surface area (Å²) < 4.78 is 16.0. The summed E-state index contributed by atoms with van der Waals surface area (Å²) in [6.45, 7) is -0.398. The molecule has 7 heteroatoms. The van der Waals surface area contributed by atoms with E-state index in [9.17, 15) is 9.59 Å². The molecule has 6 nitrogen and oxygen atoms in total. The van der Waals surface area contributed by atoms with E-state index in [0.717, 1.165) is 4.47 Å². The molecular formula is C17H16BrNO5. The predicted octanol–water partition coefficient (Wildman–Crippen LogP) is 3.26. The van der Waals surface area contributed by atoms with Crippen LogP contribution < -0.4 is 14.8 Å². The Morgan fingerprint density at radius 3 is 2.29 bits per heavy atom. The van der Waals surface area contributed by atoms with Gasteiger partial charge >= 0.3 is 5.97 Å². The summed E-state index contributed by atoms with van der Waals surface area (Å²) >= 11 is 3.31. The molecule has 0 spiro atoms. The van der Waals surface area contributed by atoms with Gasteiger partial charge < -0.3 is 19.5 Å². The highest BCUT2D eigenvalue weighted by Gasteiger charge is 2.13. The number of hydrogen-bond acceptors (Lipinski definition) is 5. The van der Waals surface area contributed by atoms with Gasteiger partial charge in [0.2, 0.25) is 0 Å². The van der Waals surface area contributed by atoms with Crippen molar-refractivity contribution in [3.05, 3.63) is 52.5 Å². The minimum Gasteiger partial charge on any atom is -0.497 e. The normalized spacial score (nSPS) is 9.96. The number of esters is 1. The van der Waals surface area contributed by atoms with E-state index in [2.05, 4.69) is 21.2 Å². The number of rotatable bonds is 6. The maximum atomic E-state index is 12.1. The lowest BCUT2D eigenvalue weighted by molar-refractivity contribution is -0.119. The van der Waals surface area contributed by atoms with Crippen molar-refractivity contribution in [1.29, 1.82) is 0 Å². The highest BCUT2D eigenvalue weighted by atomic mass is 79.9. The Hall–Kier alpha value is -2.54. The molecule has 0 fully saturated rings. The Morgan fingerprint density at radius 1 is 1.04 bits per heavy atom. The maximum absolute atomic E-state index is 12.1. The van der Waals surface area contributed by atoms with Crippen LogP contribution in [0.15, 0.2) is 46.9 Å². The topological polar surface area (TPSA) is 73.9 Å². The largest absolute Gasteiger partial charge is 0.497 e. The number of methoxy groups -OCH3 is 2. The van der Waals surface area contributed by atoms with Crippen molar-refractivity contribution in [1.82, 2.24) is 0 Å². The molecule has 0 saturated heterocycles. The van der Waals surface area contributed by atoms with Crippen LogP contribution in [0.1, 0.15) is 10.4 Å². The first-order valence-corrected chi connectivity index (χ1v) is 7.76. The van der Waals surface area contributed by atoms with Crippen LogP contribution in [0.25, 0.3) is 0 Å². The Morgan fingerprint density at radius 2 is 1.71 bits per heavy atom. The number of carbonyl (C=O) groups is 2. The smallest absolute Gasteiger partial charge is 0.338 e. The van der Waals surface area contributed by atoms with E-state index in [4.69, 9.17) is 14.2 Å². The van der Waals surface area contributed by atoms with E-state index in [1.54, 1.807) is 24.3 Å². The summed E-state index contributed by atoms with van der Waals surface area (Å²) in [4.78, 5) is 23.9. The van der Waals surface area contributed by atoms with Gasteiger partial charge in [0.05, 0.1) is 19.8 Å². The van der Waals surface area contributed by atoms with Crippen LogP contribution in [0.4, 0.5) is 5.69 Å². The average Bonchev–Trinajstić information content (AvgIpc) is 2.59. The van der Waals surface area contributed by atoms with Gasteiger partial charge in [0.25, 0.3) is 5.91 Å². The Balaban J connectivity index is 1.96. The quantitative estimate of drug-likeness (QED) is 0.762. The summed E-state index contributed by atoms with van der Waals surface area (Å²) in [5.41, 5.74) is 0.843. The van der Waals surface area contributed by atoms with E-state index in [-0.39, 0.29) is 5.56 Å². The standard InChI is InChI=1S/C17H16BrNO5/c1-22-14-6-11(7-15(9-14)23-2)17(21)24-10-16(20)19-13-5-3-4-12(18)8-13/h3-9H,10H2,1-2H3,(H,19,20). The second-order valence-electron chi connectivity index (χ2n) is 4.74. The van der Waals surface area contributed by atoms with Crippen molar-refractivity contribution in [3.63, 3.8) is 0 Å². The Kier molecular flexibility index (Phi) is 6.20. The fourth-order valence-corrected chi connectivity index (χ4v) is 2.30. The fraction of sp³-hybridized carbons (Fsp3) is 0.176. The van der Waals surface area contributed by atoms with Crippen LogP contribution in [0.5, 0.6) is 11.5 Å². The molecule has 0 aliphatic rings. The van der Waals surface area contributed by atoms with Crippen molar-refractivity contribution < 1.29 is 23.8 Å². The highest BCUT2D eigenvalue weighted by Crippen LogP contribution is 2.23. The number of carbonyl (C=O) groups excluding carboxylic acids is 2. The van der Waals surface area contributed by atoms with Crippen LogP contribution >= 0.6 is 15.9 Å². The summed E-state index contributed by atoms with van der Waals surface area (Å²) in [5.74, 6) is -0.160. The van der Waals surface area contributed by atoms with Gasteiger partial charge in [-0.3, -0.25) is 4.79 Å². The average molecular weight is 394 g/mol. The third-order valence-corrected chi connectivity index (χ3v) is 3.52. The zero-order valence-electron chi connectivity index (χ0n) is 13.2. The van der Waals surface area contributed by atoms with E-state index < -0.39 is 18.5 Å². The first-order chi connectivity index (χ1) is 11.5. The molecule has 0 atom stereocenters. The third kappa shape index (κ3) is 4.99. The molecule has 2 rings (SSSR count). The van der Waals surface area contributed by atoms with Crippen molar-refractivity contribution in [3.8, 4) is 11.5 Å². The zero-order valence-corrected chi connectivity index (χ0v) is 14.8. The zero-order chi connectivity index (χ0) is 17.5. The molecule has 1 amide bonds. The van der Waals surface area contributed by atoms with Gasteiger partial charge in [0.1, 0.15) is 11.5 Å². The molecule has 1 N–H and O–H groups in total. The number of amides is 1. The van der Waals surface area contributed by atoms with Crippen LogP contribution in [0.2, 0.25) is 0 Å². The second-order valence-corrected chi connectivity index (χ2v) is 5.65. The van der Waals surface area contributed by atoms with Crippen LogP contribution in [-0.4, -0.2) is 32.7 Å². The SMILES string of the molecule is COc1cc(OC)cc(C(=O)OCC(=O)Nc2cccc(Br)c2)c1. The minimum atomic E-state index is -0.642. The van der Waals surface area contributed by atoms with Crippen molar-refractivity contribution in [2.75, 3.05) is 26.1 Å². The minimum absolute atomic E-state index is 0.237. The fourth-order valence-electron chi connectivity index (χ4n) is 1.90. The first kappa shape index (κ1) is 17.8. The summed E-state index contributed by atoms with van der Waals surface area (Å²) in [7, 11) is 2.96. The van der Waals surface area contributed by atoms with Gasteiger partial charge in [0.15, 0.2) is 6.61 Å². The second kappa shape index (κ2) is 8.35. The highest BCUT2D eigenvalue weighted by molar-refractivity contribution is 9.10. The molecule has 0 heterocycles. The number of benzene rings is 2. The van der Waals surface area contributed by atoms with E-state index in [1.807, 2.05) is 6.07 Å². The van der Waals surface area contributed by atoms with Gasteiger partial charge in [-0.25, -0.2) is 4.79 Å². The lowest BCUT2D eigenvalue weighted by atomic mass is 10.2. The molecule has 0 aliphatic heterocycles. The molecular weight excluding hydrogens is 378 g/mol. The van der Waals surface area contributed by atoms with Crippen molar-refractivity contribution in [2.45, 2.75) is 0 Å². The monoisotopic (exact) mass is 393 g/mol. The lowest BCUT2D eigenvalue weighted by Crippen LogP contribution is -2.21. The maximum Gasteiger partial charge on any atom is 0.338 e. The van der Waals surface area contributed by atoms with Crippen LogP contribution in [0.3, 0.4) is 0 Å². The molecule has 0 saturated carbocycles. The lowest BCUT2D eigenvalue weighted by Gasteiger charge is -2.09. The summed E-state index contributed by atoms with van der Waals surface area (Å²) in [6.07, 6.45) is 0. The molecule has 2 aromatic carbocycles. The number of halogens is 1. The summed E-state index contributed by atoms with van der Waals surface area (Å²) in [6, 6.07) is 11.8. The molecule has 0 unspecified atom stereocenters.